The average Bonchev–Trinajstić information content (AvgIpc) is 2.24. The van der Waals surface area contributed by atoms with Gasteiger partial charge in [0.25, 0.3) is 0 Å². The fourth-order valence-corrected chi connectivity index (χ4v) is 2.83. The third-order valence-corrected chi connectivity index (χ3v) is 4.17. The SMILES string of the molecule is C[C@H](O)c1ccc(SCC(=O)OC(C)(C)C)c(Br)c1. The molecule has 0 aliphatic carbocycles. The second kappa shape index (κ2) is 6.77. The number of rotatable bonds is 4. The predicted octanol–water partition coefficient (Wildman–Crippen LogP) is 3.94. The number of hydrogen-bond donors (Lipinski definition) is 1. The number of carbonyl (C=O) groups excluding carboxylic acids is 1. The molecular weight excluding hydrogens is 328 g/mol. The number of benzene rings is 1. The van der Waals surface area contributed by atoms with Crippen LogP contribution in [0.1, 0.15) is 39.4 Å². The summed E-state index contributed by atoms with van der Waals surface area (Å²) in [4.78, 5) is 12.6. The van der Waals surface area contributed by atoms with Crippen molar-refractivity contribution in [1.82, 2.24) is 0 Å². The van der Waals surface area contributed by atoms with Gasteiger partial charge in [-0.15, -0.1) is 11.8 Å². The first-order valence-electron chi connectivity index (χ1n) is 6.01. The van der Waals surface area contributed by atoms with Gasteiger partial charge in [-0.25, -0.2) is 0 Å². The second-order valence-corrected chi connectivity index (χ2v) is 7.11. The molecule has 0 unspecified atom stereocenters. The number of aliphatic hydroxyl groups excluding tert-OH is 1. The Kier molecular flexibility index (Phi) is 5.89. The Labute approximate surface area is 126 Å². The van der Waals surface area contributed by atoms with E-state index in [1.54, 1.807) is 6.92 Å². The van der Waals surface area contributed by atoms with Crippen molar-refractivity contribution in [2.45, 2.75) is 44.3 Å². The molecule has 0 saturated carbocycles. The lowest BCUT2D eigenvalue weighted by Crippen LogP contribution is -2.24. The van der Waals surface area contributed by atoms with Crippen LogP contribution in [-0.2, 0) is 9.53 Å². The van der Waals surface area contributed by atoms with E-state index in [-0.39, 0.29) is 11.7 Å². The van der Waals surface area contributed by atoms with Crippen LogP contribution in [0, 0.1) is 0 Å². The lowest BCUT2D eigenvalue weighted by atomic mass is 10.1. The van der Waals surface area contributed by atoms with Crippen molar-refractivity contribution < 1.29 is 14.6 Å². The van der Waals surface area contributed by atoms with E-state index in [0.717, 1.165) is 14.9 Å². The van der Waals surface area contributed by atoms with Crippen LogP contribution in [0.25, 0.3) is 0 Å². The summed E-state index contributed by atoms with van der Waals surface area (Å²) in [6.45, 7) is 7.27. The zero-order valence-electron chi connectivity index (χ0n) is 11.6. The Morgan fingerprint density at radius 1 is 1.47 bits per heavy atom. The first kappa shape index (κ1) is 16.5. The van der Waals surface area contributed by atoms with E-state index < -0.39 is 11.7 Å². The maximum atomic E-state index is 11.6. The summed E-state index contributed by atoms with van der Waals surface area (Å²) in [5.41, 5.74) is 0.388. The highest BCUT2D eigenvalue weighted by molar-refractivity contribution is 9.10. The lowest BCUT2D eigenvalue weighted by Gasteiger charge is -2.19. The van der Waals surface area contributed by atoms with Crippen LogP contribution >= 0.6 is 27.7 Å². The van der Waals surface area contributed by atoms with Gasteiger partial charge in [0.15, 0.2) is 0 Å². The van der Waals surface area contributed by atoms with Gasteiger partial charge in [0.2, 0.25) is 0 Å². The van der Waals surface area contributed by atoms with Crippen LogP contribution in [0.3, 0.4) is 0 Å². The third-order valence-electron chi connectivity index (χ3n) is 2.20. The highest BCUT2D eigenvalue weighted by Gasteiger charge is 2.16. The van der Waals surface area contributed by atoms with E-state index >= 15 is 0 Å². The molecule has 3 nitrogen and oxygen atoms in total. The van der Waals surface area contributed by atoms with Gasteiger partial charge in [-0.1, -0.05) is 6.07 Å². The highest BCUT2D eigenvalue weighted by Crippen LogP contribution is 2.30. The number of esters is 1. The first-order chi connectivity index (χ1) is 8.69. The van der Waals surface area contributed by atoms with Gasteiger partial charge < -0.3 is 9.84 Å². The standard InChI is InChI=1S/C14H19BrO3S/c1-9(16)10-5-6-12(11(15)7-10)19-8-13(17)18-14(2,3)4/h5-7,9,16H,8H2,1-4H3/t9-/m0/s1. The molecule has 1 N–H and O–H groups in total. The van der Waals surface area contributed by atoms with Gasteiger partial charge in [0.1, 0.15) is 5.60 Å². The van der Waals surface area contributed by atoms with Crippen molar-refractivity contribution >= 4 is 33.7 Å². The normalized spacial score (nSPS) is 13.2. The van der Waals surface area contributed by atoms with Gasteiger partial charge >= 0.3 is 5.97 Å². The number of ether oxygens (including phenoxy) is 1. The summed E-state index contributed by atoms with van der Waals surface area (Å²) in [5.74, 6) is 0.0353. The van der Waals surface area contributed by atoms with E-state index in [1.807, 2.05) is 39.0 Å². The van der Waals surface area contributed by atoms with Crippen LogP contribution in [0.5, 0.6) is 0 Å². The molecule has 1 atom stereocenters. The molecule has 0 aliphatic heterocycles. The molecule has 0 aromatic heterocycles. The van der Waals surface area contributed by atoms with E-state index in [4.69, 9.17) is 4.74 Å². The molecule has 106 valence electrons. The van der Waals surface area contributed by atoms with E-state index in [2.05, 4.69) is 15.9 Å². The smallest absolute Gasteiger partial charge is 0.316 e. The molecule has 0 amide bonds. The predicted molar refractivity (Wildman–Crippen MR) is 81.3 cm³/mol. The maximum Gasteiger partial charge on any atom is 0.316 e. The Bertz CT molecular complexity index is 452. The van der Waals surface area contributed by atoms with Gasteiger partial charge in [0, 0.05) is 9.37 Å². The fraction of sp³-hybridized carbons (Fsp3) is 0.500. The van der Waals surface area contributed by atoms with Crippen LogP contribution in [-0.4, -0.2) is 22.4 Å². The molecule has 0 saturated heterocycles. The lowest BCUT2D eigenvalue weighted by molar-refractivity contribution is -0.151. The van der Waals surface area contributed by atoms with Gasteiger partial charge in [-0.05, 0) is 61.3 Å². The van der Waals surface area contributed by atoms with Crippen molar-refractivity contribution in [3.05, 3.63) is 28.2 Å². The molecule has 0 spiro atoms. The zero-order chi connectivity index (χ0) is 14.6. The topological polar surface area (TPSA) is 46.5 Å². The molecule has 0 aliphatic rings. The van der Waals surface area contributed by atoms with Crippen molar-refractivity contribution in [1.29, 1.82) is 0 Å². The molecule has 0 bridgehead atoms. The summed E-state index contributed by atoms with van der Waals surface area (Å²) in [7, 11) is 0. The van der Waals surface area contributed by atoms with E-state index in [1.165, 1.54) is 11.8 Å². The monoisotopic (exact) mass is 346 g/mol. The summed E-state index contributed by atoms with van der Waals surface area (Å²) in [5, 5.41) is 9.48. The largest absolute Gasteiger partial charge is 0.459 e. The molecule has 1 aromatic carbocycles. The minimum absolute atomic E-state index is 0.232. The Morgan fingerprint density at radius 2 is 2.11 bits per heavy atom. The van der Waals surface area contributed by atoms with Crippen LogP contribution in [0.2, 0.25) is 0 Å². The molecule has 1 aromatic rings. The van der Waals surface area contributed by atoms with Crippen molar-refractivity contribution in [2.75, 3.05) is 5.75 Å². The second-order valence-electron chi connectivity index (χ2n) is 5.24. The number of thioether (sulfide) groups is 1. The summed E-state index contributed by atoms with van der Waals surface area (Å²) in [6.07, 6.45) is -0.499. The maximum absolute atomic E-state index is 11.6. The molecule has 5 heteroatoms. The number of carbonyl (C=O) groups is 1. The first-order valence-corrected chi connectivity index (χ1v) is 7.79. The Morgan fingerprint density at radius 3 is 2.58 bits per heavy atom. The number of halogens is 1. The molecule has 0 radical (unpaired) electrons. The summed E-state index contributed by atoms with van der Waals surface area (Å²) in [6, 6.07) is 5.61. The van der Waals surface area contributed by atoms with Crippen LogP contribution < -0.4 is 0 Å². The molecule has 0 heterocycles. The molecular formula is C14H19BrO3S. The van der Waals surface area contributed by atoms with Crippen molar-refractivity contribution in [3.63, 3.8) is 0 Å². The fourth-order valence-electron chi connectivity index (χ4n) is 1.40. The Balaban J connectivity index is 2.61. The Hall–Kier alpha value is -0.520. The van der Waals surface area contributed by atoms with Gasteiger partial charge in [-0.2, -0.15) is 0 Å². The highest BCUT2D eigenvalue weighted by atomic mass is 79.9. The van der Waals surface area contributed by atoms with Crippen molar-refractivity contribution in [2.24, 2.45) is 0 Å². The van der Waals surface area contributed by atoms with Crippen molar-refractivity contribution in [3.8, 4) is 0 Å². The van der Waals surface area contributed by atoms with Crippen LogP contribution in [0.4, 0.5) is 0 Å². The van der Waals surface area contributed by atoms with E-state index in [0.29, 0.717) is 0 Å². The number of aliphatic hydroxyl groups is 1. The van der Waals surface area contributed by atoms with E-state index in [9.17, 15) is 9.90 Å². The van der Waals surface area contributed by atoms with Gasteiger partial charge in [-0.3, -0.25) is 4.79 Å². The summed E-state index contributed by atoms with van der Waals surface area (Å²) < 4.78 is 6.12. The summed E-state index contributed by atoms with van der Waals surface area (Å²) >= 11 is 4.86. The number of hydrogen-bond acceptors (Lipinski definition) is 4. The average molecular weight is 347 g/mol. The molecule has 1 rings (SSSR count). The van der Waals surface area contributed by atoms with Gasteiger partial charge in [0.05, 0.1) is 11.9 Å². The molecule has 19 heavy (non-hydrogen) atoms. The third kappa shape index (κ3) is 5.97. The molecule has 0 fully saturated rings. The quantitative estimate of drug-likeness (QED) is 0.662. The minimum atomic E-state index is -0.499. The minimum Gasteiger partial charge on any atom is -0.459 e. The van der Waals surface area contributed by atoms with Crippen LogP contribution in [0.15, 0.2) is 27.6 Å². The zero-order valence-corrected chi connectivity index (χ0v) is 14.0.